The van der Waals surface area contributed by atoms with Crippen LogP contribution in [0.1, 0.15) is 24.6 Å². The summed E-state index contributed by atoms with van der Waals surface area (Å²) < 4.78 is 2.26. The van der Waals surface area contributed by atoms with Crippen LogP contribution in [0.3, 0.4) is 0 Å². The molecule has 0 atom stereocenters. The summed E-state index contributed by atoms with van der Waals surface area (Å²) in [6, 6.07) is 12.0. The SMILES string of the molecule is CCCn1cccc1CNc1ccc(CC(N)=O)cc1. The Morgan fingerprint density at radius 2 is 2.00 bits per heavy atom. The van der Waals surface area contributed by atoms with E-state index in [9.17, 15) is 4.79 Å². The van der Waals surface area contributed by atoms with E-state index in [0.717, 1.165) is 30.8 Å². The van der Waals surface area contributed by atoms with Crippen molar-refractivity contribution in [3.8, 4) is 0 Å². The summed E-state index contributed by atoms with van der Waals surface area (Å²) in [7, 11) is 0. The van der Waals surface area contributed by atoms with E-state index in [1.54, 1.807) is 0 Å². The molecule has 1 aromatic heterocycles. The quantitative estimate of drug-likeness (QED) is 0.813. The van der Waals surface area contributed by atoms with Crippen molar-refractivity contribution in [1.29, 1.82) is 0 Å². The number of nitrogens with one attached hydrogen (secondary N) is 1. The predicted molar refractivity (Wildman–Crippen MR) is 81.4 cm³/mol. The molecular weight excluding hydrogens is 250 g/mol. The molecule has 2 aromatic rings. The zero-order valence-corrected chi connectivity index (χ0v) is 11.8. The highest BCUT2D eigenvalue weighted by atomic mass is 16.1. The number of benzene rings is 1. The molecule has 20 heavy (non-hydrogen) atoms. The van der Waals surface area contributed by atoms with Gasteiger partial charge in [0.1, 0.15) is 0 Å². The number of nitrogens with zero attached hydrogens (tertiary/aromatic N) is 1. The first-order valence-electron chi connectivity index (χ1n) is 6.94. The van der Waals surface area contributed by atoms with Crippen LogP contribution in [0.4, 0.5) is 5.69 Å². The molecule has 0 saturated carbocycles. The van der Waals surface area contributed by atoms with Gasteiger partial charge in [-0.1, -0.05) is 19.1 Å². The number of hydrogen-bond acceptors (Lipinski definition) is 2. The number of primary amides is 1. The molecule has 1 heterocycles. The highest BCUT2D eigenvalue weighted by Gasteiger charge is 2.01. The van der Waals surface area contributed by atoms with Gasteiger partial charge in [-0.15, -0.1) is 0 Å². The normalized spacial score (nSPS) is 10.4. The summed E-state index contributed by atoms with van der Waals surface area (Å²) in [6.45, 7) is 4.01. The van der Waals surface area contributed by atoms with Gasteiger partial charge in [0.25, 0.3) is 0 Å². The molecular formula is C16H21N3O. The van der Waals surface area contributed by atoms with Crippen LogP contribution in [0.15, 0.2) is 42.6 Å². The fourth-order valence-electron chi connectivity index (χ4n) is 2.20. The lowest BCUT2D eigenvalue weighted by Gasteiger charge is -2.10. The average Bonchev–Trinajstić information content (AvgIpc) is 2.85. The Bertz CT molecular complexity index is 557. The zero-order valence-electron chi connectivity index (χ0n) is 11.8. The van der Waals surface area contributed by atoms with Crippen molar-refractivity contribution in [2.75, 3.05) is 5.32 Å². The molecule has 3 N–H and O–H groups in total. The third-order valence-electron chi connectivity index (χ3n) is 3.19. The minimum atomic E-state index is -0.303. The van der Waals surface area contributed by atoms with E-state index >= 15 is 0 Å². The number of rotatable bonds is 7. The van der Waals surface area contributed by atoms with Crippen LogP contribution in [-0.4, -0.2) is 10.5 Å². The highest BCUT2D eigenvalue weighted by Crippen LogP contribution is 2.12. The van der Waals surface area contributed by atoms with Crippen LogP contribution in [0, 0.1) is 0 Å². The molecule has 1 aromatic carbocycles. The van der Waals surface area contributed by atoms with Crippen LogP contribution in [0.2, 0.25) is 0 Å². The predicted octanol–water partition coefficient (Wildman–Crippen LogP) is 2.54. The summed E-state index contributed by atoms with van der Waals surface area (Å²) >= 11 is 0. The van der Waals surface area contributed by atoms with Gasteiger partial charge in [-0.3, -0.25) is 4.79 Å². The minimum absolute atomic E-state index is 0.291. The van der Waals surface area contributed by atoms with Crippen LogP contribution in [0.25, 0.3) is 0 Å². The minimum Gasteiger partial charge on any atom is -0.379 e. The molecule has 0 aliphatic carbocycles. The Kier molecular flexibility index (Phi) is 4.82. The lowest BCUT2D eigenvalue weighted by atomic mass is 10.1. The number of anilines is 1. The Morgan fingerprint density at radius 3 is 2.65 bits per heavy atom. The topological polar surface area (TPSA) is 60.1 Å². The van der Waals surface area contributed by atoms with Crippen molar-refractivity contribution in [2.45, 2.75) is 32.9 Å². The van der Waals surface area contributed by atoms with Gasteiger partial charge >= 0.3 is 0 Å². The molecule has 1 amide bonds. The summed E-state index contributed by atoms with van der Waals surface area (Å²) in [5.74, 6) is -0.303. The second-order valence-electron chi connectivity index (χ2n) is 4.89. The summed E-state index contributed by atoms with van der Waals surface area (Å²) in [5.41, 5.74) is 8.43. The number of nitrogens with two attached hydrogens (primary N) is 1. The molecule has 4 heteroatoms. The fourth-order valence-corrected chi connectivity index (χ4v) is 2.20. The maximum atomic E-state index is 10.8. The maximum absolute atomic E-state index is 10.8. The van der Waals surface area contributed by atoms with E-state index in [-0.39, 0.29) is 5.91 Å². The second-order valence-corrected chi connectivity index (χ2v) is 4.89. The van der Waals surface area contributed by atoms with Gasteiger partial charge in [-0.2, -0.15) is 0 Å². The lowest BCUT2D eigenvalue weighted by molar-refractivity contribution is -0.117. The van der Waals surface area contributed by atoms with E-state index < -0.39 is 0 Å². The van der Waals surface area contributed by atoms with Gasteiger partial charge in [-0.05, 0) is 36.2 Å². The smallest absolute Gasteiger partial charge is 0.221 e. The van der Waals surface area contributed by atoms with E-state index in [1.165, 1.54) is 5.69 Å². The largest absolute Gasteiger partial charge is 0.379 e. The number of aryl methyl sites for hydroxylation is 1. The Balaban J connectivity index is 1.93. The van der Waals surface area contributed by atoms with E-state index in [2.05, 4.69) is 35.1 Å². The Morgan fingerprint density at radius 1 is 1.25 bits per heavy atom. The molecule has 0 bridgehead atoms. The molecule has 0 saturated heterocycles. The molecule has 0 radical (unpaired) electrons. The van der Waals surface area contributed by atoms with Gasteiger partial charge < -0.3 is 15.6 Å². The van der Waals surface area contributed by atoms with E-state index in [4.69, 9.17) is 5.73 Å². The molecule has 0 unspecified atom stereocenters. The zero-order chi connectivity index (χ0) is 14.4. The van der Waals surface area contributed by atoms with Gasteiger partial charge in [0, 0.05) is 24.1 Å². The van der Waals surface area contributed by atoms with E-state index in [1.807, 2.05) is 24.3 Å². The average molecular weight is 271 g/mol. The lowest BCUT2D eigenvalue weighted by Crippen LogP contribution is -2.13. The fraction of sp³-hybridized carbons (Fsp3) is 0.312. The van der Waals surface area contributed by atoms with Crippen LogP contribution >= 0.6 is 0 Å². The van der Waals surface area contributed by atoms with Crippen LogP contribution < -0.4 is 11.1 Å². The summed E-state index contributed by atoms with van der Waals surface area (Å²) in [4.78, 5) is 10.8. The number of amides is 1. The molecule has 2 rings (SSSR count). The molecule has 0 aliphatic rings. The molecule has 4 nitrogen and oxygen atoms in total. The summed E-state index contributed by atoms with van der Waals surface area (Å²) in [5, 5.41) is 3.39. The third-order valence-corrected chi connectivity index (χ3v) is 3.19. The van der Waals surface area contributed by atoms with Crippen molar-refractivity contribution in [3.63, 3.8) is 0 Å². The van der Waals surface area contributed by atoms with Crippen molar-refractivity contribution < 1.29 is 4.79 Å². The standard InChI is InChI=1S/C16H21N3O/c1-2-9-19-10-3-4-15(19)12-18-14-7-5-13(6-8-14)11-16(17)20/h3-8,10,18H,2,9,11-12H2,1H3,(H2,17,20). The van der Waals surface area contributed by atoms with Gasteiger partial charge in [0.2, 0.25) is 5.91 Å². The number of carbonyl (C=O) groups excluding carboxylic acids is 1. The van der Waals surface area contributed by atoms with Crippen molar-refractivity contribution in [1.82, 2.24) is 4.57 Å². The van der Waals surface area contributed by atoms with Gasteiger partial charge in [0.15, 0.2) is 0 Å². The van der Waals surface area contributed by atoms with Gasteiger partial charge in [0.05, 0.1) is 13.0 Å². The second kappa shape index (κ2) is 6.80. The Hall–Kier alpha value is -2.23. The first-order chi connectivity index (χ1) is 9.69. The molecule has 106 valence electrons. The summed E-state index contributed by atoms with van der Waals surface area (Å²) in [6.07, 6.45) is 3.53. The first kappa shape index (κ1) is 14.2. The van der Waals surface area contributed by atoms with Crippen LogP contribution in [-0.2, 0) is 24.3 Å². The van der Waals surface area contributed by atoms with Crippen LogP contribution in [0.5, 0.6) is 0 Å². The van der Waals surface area contributed by atoms with Gasteiger partial charge in [-0.25, -0.2) is 0 Å². The number of carbonyl (C=O) groups is 1. The Labute approximate surface area is 119 Å². The number of aromatic nitrogens is 1. The maximum Gasteiger partial charge on any atom is 0.221 e. The monoisotopic (exact) mass is 271 g/mol. The first-order valence-corrected chi connectivity index (χ1v) is 6.94. The highest BCUT2D eigenvalue weighted by molar-refractivity contribution is 5.76. The third kappa shape index (κ3) is 3.88. The van der Waals surface area contributed by atoms with Crippen molar-refractivity contribution in [2.24, 2.45) is 5.73 Å². The molecule has 0 spiro atoms. The number of hydrogen-bond donors (Lipinski definition) is 2. The molecule has 0 fully saturated rings. The van der Waals surface area contributed by atoms with E-state index in [0.29, 0.717) is 6.42 Å². The molecule has 0 aliphatic heterocycles. The van der Waals surface area contributed by atoms with Crippen molar-refractivity contribution in [3.05, 3.63) is 53.9 Å². The van der Waals surface area contributed by atoms with Crippen molar-refractivity contribution >= 4 is 11.6 Å².